The molecule has 0 aliphatic heterocycles. The zero-order chi connectivity index (χ0) is 34.4. The van der Waals surface area contributed by atoms with Crippen LogP contribution in [0.5, 0.6) is 0 Å². The van der Waals surface area contributed by atoms with Crippen LogP contribution in [0.2, 0.25) is 0 Å². The minimum absolute atomic E-state index is 0.0202. The number of hydrogen-bond acceptors (Lipinski definition) is 4. The summed E-state index contributed by atoms with van der Waals surface area (Å²) in [7, 11) is 0. The van der Waals surface area contributed by atoms with E-state index < -0.39 is 33.5 Å². The maximum Gasteiger partial charge on any atom is 0.262 e. The van der Waals surface area contributed by atoms with Gasteiger partial charge < -0.3 is 10.1 Å². The average Bonchev–Trinajstić information content (AvgIpc) is 3.00. The third-order valence-corrected chi connectivity index (χ3v) is 13.7. The summed E-state index contributed by atoms with van der Waals surface area (Å²) in [5, 5.41) is 13.3. The topological polar surface area (TPSA) is 91.4 Å². The summed E-state index contributed by atoms with van der Waals surface area (Å²) in [4.78, 5) is 45.6. The van der Waals surface area contributed by atoms with Crippen LogP contribution in [0.3, 0.4) is 0 Å². The van der Waals surface area contributed by atoms with Crippen molar-refractivity contribution < 1.29 is 18.8 Å². The first-order valence-electron chi connectivity index (χ1n) is 17.0. The van der Waals surface area contributed by atoms with Crippen molar-refractivity contribution in [1.29, 1.82) is 5.26 Å². The molecule has 6 nitrogen and oxygen atoms in total. The van der Waals surface area contributed by atoms with Crippen LogP contribution in [-0.2, 0) is 14.4 Å². The van der Waals surface area contributed by atoms with Gasteiger partial charge in [-0.25, -0.2) is 9.24 Å². The van der Waals surface area contributed by atoms with Crippen molar-refractivity contribution in [3.63, 3.8) is 0 Å². The van der Waals surface area contributed by atoms with Crippen LogP contribution in [0.25, 0.3) is 10.9 Å². The van der Waals surface area contributed by atoms with Crippen LogP contribution in [0.4, 0.5) is 4.39 Å². The molecule has 1 amide bonds. The number of ketones is 2. The van der Waals surface area contributed by atoms with E-state index in [9.17, 15) is 24.0 Å². The number of amides is 1. The standard InChI is InChI=1S/C40H46FN3O3/c1-35(2)15-17-40(44-34(47)25(23-42)19-24-9-11-26(41)12-10-24)18-16-39(7)32(27(40)21-35)29(45)20-31-37(5)22-28(43-8)33(46)36(3,4)30(37)13-14-38(31,39)6/h9-12,19-20,22,27,30,32H,13-18,21H2,1-7H3,(H,44,47)/b25-19+/t27-,30-,32-,37-,38+,39+,40-/m0/s1. The van der Waals surface area contributed by atoms with E-state index in [0.717, 1.165) is 37.7 Å². The van der Waals surface area contributed by atoms with Crippen molar-refractivity contribution in [3.05, 3.63) is 76.1 Å². The summed E-state index contributed by atoms with van der Waals surface area (Å²) in [6, 6.07) is 7.73. The van der Waals surface area contributed by atoms with Gasteiger partial charge in [0, 0.05) is 22.3 Å². The smallest absolute Gasteiger partial charge is 0.262 e. The first-order valence-corrected chi connectivity index (χ1v) is 17.0. The minimum atomic E-state index is -0.717. The molecular weight excluding hydrogens is 589 g/mol. The Morgan fingerprint density at radius 1 is 1.02 bits per heavy atom. The Hall–Kier alpha value is -3.84. The number of Topliss-reactive ketones (excluding diaryl/α,β-unsaturated/α-hetero) is 1. The Balaban J connectivity index is 1.43. The molecule has 1 aromatic carbocycles. The molecule has 1 N–H and O–H groups in total. The molecule has 0 aromatic heterocycles. The largest absolute Gasteiger partial charge is 0.346 e. The second kappa shape index (κ2) is 10.6. The molecule has 6 rings (SSSR count). The number of rotatable bonds is 3. The van der Waals surface area contributed by atoms with Gasteiger partial charge in [-0.3, -0.25) is 9.59 Å². The molecule has 0 bridgehead atoms. The predicted octanol–water partition coefficient (Wildman–Crippen LogP) is 8.17. The van der Waals surface area contributed by atoms with Gasteiger partial charge in [0.25, 0.3) is 5.91 Å². The Labute approximate surface area is 278 Å². The highest BCUT2D eigenvalue weighted by atomic mass is 19.1. The molecule has 1 aromatic rings. The lowest BCUT2D eigenvalue weighted by atomic mass is 9.35. The van der Waals surface area contributed by atoms with Crippen molar-refractivity contribution in [2.75, 3.05) is 0 Å². The molecule has 0 unspecified atom stereocenters. The zero-order valence-electron chi connectivity index (χ0n) is 28.7. The molecule has 5 aliphatic carbocycles. The van der Waals surface area contributed by atoms with E-state index in [1.807, 2.05) is 26.0 Å². The lowest BCUT2D eigenvalue weighted by Gasteiger charge is -2.69. The molecule has 47 heavy (non-hydrogen) atoms. The van der Waals surface area contributed by atoms with Crippen molar-refractivity contribution in [3.8, 4) is 6.07 Å². The highest BCUT2D eigenvalue weighted by molar-refractivity contribution is 6.03. The minimum Gasteiger partial charge on any atom is -0.346 e. The normalized spacial score (nSPS) is 38.6. The molecule has 0 spiro atoms. The fourth-order valence-corrected chi connectivity index (χ4v) is 11.0. The number of carbonyl (C=O) groups is 3. The summed E-state index contributed by atoms with van der Waals surface area (Å²) in [5.74, 6) is -1.39. The van der Waals surface area contributed by atoms with Crippen LogP contribution in [-0.4, -0.2) is 23.0 Å². The number of benzene rings is 1. The van der Waals surface area contributed by atoms with E-state index >= 15 is 0 Å². The number of fused-ring (bicyclic) bond motifs is 7. The summed E-state index contributed by atoms with van der Waals surface area (Å²) >= 11 is 0. The molecule has 3 saturated carbocycles. The number of nitrogens with one attached hydrogen (secondary N) is 1. The Morgan fingerprint density at radius 2 is 1.68 bits per heavy atom. The molecule has 7 atom stereocenters. The molecule has 246 valence electrons. The van der Waals surface area contributed by atoms with Crippen LogP contribution in [0.15, 0.2) is 53.3 Å². The molecule has 3 fully saturated rings. The van der Waals surface area contributed by atoms with Gasteiger partial charge in [-0.2, -0.15) is 5.26 Å². The van der Waals surface area contributed by atoms with Gasteiger partial charge in [-0.1, -0.05) is 72.2 Å². The van der Waals surface area contributed by atoms with E-state index in [1.54, 1.807) is 0 Å². The third kappa shape index (κ3) is 4.71. The van der Waals surface area contributed by atoms with Crippen molar-refractivity contribution in [2.24, 2.45) is 44.8 Å². The van der Waals surface area contributed by atoms with Gasteiger partial charge in [-0.15, -0.1) is 0 Å². The van der Waals surface area contributed by atoms with E-state index in [2.05, 4.69) is 50.8 Å². The fraction of sp³-hybridized carbons (Fsp3) is 0.575. The SMILES string of the molecule is [C-]#[N+]C1=C[C@]2(C)C3=CC(=O)[C@@H]4[C@@H]5CC(C)(C)CC[C@]5(NC(=O)/C(C#N)=C/c5ccc(F)cc5)CC[C@@]4(C)[C@]3(C)CC[C@H]2C(C)(C)C1=O. The maximum absolute atomic E-state index is 14.7. The number of allylic oxidation sites excluding steroid dienone is 4. The summed E-state index contributed by atoms with van der Waals surface area (Å²) < 4.78 is 13.5. The first-order chi connectivity index (χ1) is 21.9. The summed E-state index contributed by atoms with van der Waals surface area (Å²) in [6.45, 7) is 22.9. The molecule has 5 aliphatic rings. The molecule has 0 radical (unpaired) electrons. The number of nitriles is 1. The van der Waals surface area contributed by atoms with Gasteiger partial charge in [-0.05, 0) is 103 Å². The lowest BCUT2D eigenvalue weighted by Crippen LogP contribution is -2.69. The van der Waals surface area contributed by atoms with Gasteiger partial charge in [0.05, 0.1) is 6.57 Å². The number of nitrogens with zero attached hydrogens (tertiary/aromatic N) is 2. The van der Waals surface area contributed by atoms with Crippen LogP contribution in [0.1, 0.15) is 99.0 Å². The highest BCUT2D eigenvalue weighted by Gasteiger charge is 2.70. The quantitative estimate of drug-likeness (QED) is 0.206. The monoisotopic (exact) mass is 635 g/mol. The maximum atomic E-state index is 14.7. The van der Waals surface area contributed by atoms with Crippen molar-refractivity contribution in [2.45, 2.75) is 99.0 Å². The third-order valence-electron chi connectivity index (χ3n) is 13.7. The average molecular weight is 636 g/mol. The van der Waals surface area contributed by atoms with Crippen molar-refractivity contribution >= 4 is 23.5 Å². The molecule has 0 heterocycles. The highest BCUT2D eigenvalue weighted by Crippen LogP contribution is 2.73. The van der Waals surface area contributed by atoms with Crippen molar-refractivity contribution in [1.82, 2.24) is 5.32 Å². The Morgan fingerprint density at radius 3 is 2.32 bits per heavy atom. The fourth-order valence-electron chi connectivity index (χ4n) is 11.0. The van der Waals surface area contributed by atoms with E-state index in [1.165, 1.54) is 30.3 Å². The number of hydrogen-bond donors (Lipinski definition) is 1. The van der Waals surface area contributed by atoms with Gasteiger partial charge >= 0.3 is 0 Å². The summed E-state index contributed by atoms with van der Waals surface area (Å²) in [5.41, 5.74) is -1.03. The van der Waals surface area contributed by atoms with Gasteiger partial charge in [0.1, 0.15) is 17.5 Å². The van der Waals surface area contributed by atoms with E-state index in [4.69, 9.17) is 6.57 Å². The Bertz CT molecular complexity index is 1750. The second-order valence-electron chi connectivity index (χ2n) is 17.1. The number of carbonyl (C=O) groups excluding carboxylic acids is 3. The Kier molecular flexibility index (Phi) is 7.45. The molecular formula is C40H46FN3O3. The number of halogens is 1. The van der Waals surface area contributed by atoms with Gasteiger partial charge in [0.15, 0.2) is 11.6 Å². The van der Waals surface area contributed by atoms with Gasteiger partial charge in [0.2, 0.25) is 5.70 Å². The van der Waals surface area contributed by atoms with Crippen LogP contribution < -0.4 is 5.32 Å². The molecule has 7 heteroatoms. The molecule has 0 saturated heterocycles. The predicted molar refractivity (Wildman–Crippen MR) is 178 cm³/mol. The second-order valence-corrected chi connectivity index (χ2v) is 17.1. The first kappa shape index (κ1) is 33.1. The van der Waals surface area contributed by atoms with E-state index in [-0.39, 0.29) is 51.4 Å². The van der Waals surface area contributed by atoms with E-state index in [0.29, 0.717) is 18.4 Å². The summed E-state index contributed by atoms with van der Waals surface area (Å²) in [6.07, 6.45) is 10.7. The lowest BCUT2D eigenvalue weighted by molar-refractivity contribution is -0.163. The zero-order valence-corrected chi connectivity index (χ0v) is 28.7. The van der Waals surface area contributed by atoms with Crippen LogP contribution >= 0.6 is 0 Å². The van der Waals surface area contributed by atoms with Crippen LogP contribution in [0, 0.1) is 68.5 Å².